The molecule has 0 aliphatic heterocycles. The Kier molecular flexibility index (Phi) is 4.78. The Hall–Kier alpha value is -0.570. The zero-order chi connectivity index (χ0) is 12.2. The van der Waals surface area contributed by atoms with E-state index in [1.807, 2.05) is 13.8 Å². The van der Waals surface area contributed by atoms with Crippen LogP contribution < -0.4 is 11.1 Å². The molecule has 0 bridgehead atoms. The molecule has 0 aromatic heterocycles. The van der Waals surface area contributed by atoms with Crippen molar-refractivity contribution in [3.63, 3.8) is 0 Å². The Morgan fingerprint density at radius 2 is 2.00 bits per heavy atom. The molecule has 1 saturated carbocycles. The van der Waals surface area contributed by atoms with Crippen molar-refractivity contribution in [1.29, 1.82) is 0 Å². The maximum atomic E-state index is 12.0. The van der Waals surface area contributed by atoms with Crippen LogP contribution in [0.1, 0.15) is 52.9 Å². The van der Waals surface area contributed by atoms with Crippen LogP contribution in [0.15, 0.2) is 0 Å². The van der Waals surface area contributed by atoms with Crippen LogP contribution in [0.3, 0.4) is 0 Å². The summed E-state index contributed by atoms with van der Waals surface area (Å²) >= 11 is 0. The van der Waals surface area contributed by atoms with Crippen LogP contribution in [0, 0.1) is 11.3 Å². The van der Waals surface area contributed by atoms with E-state index in [0.717, 1.165) is 12.8 Å². The molecular weight excluding hydrogens is 200 g/mol. The van der Waals surface area contributed by atoms with Gasteiger partial charge in [0.15, 0.2) is 0 Å². The first kappa shape index (κ1) is 13.5. The number of amides is 1. The fourth-order valence-corrected chi connectivity index (χ4v) is 2.34. The Morgan fingerprint density at radius 1 is 1.38 bits per heavy atom. The van der Waals surface area contributed by atoms with E-state index in [0.29, 0.717) is 18.5 Å². The molecule has 1 amide bonds. The van der Waals surface area contributed by atoms with E-state index in [1.165, 1.54) is 19.3 Å². The molecule has 3 heteroatoms. The van der Waals surface area contributed by atoms with E-state index in [-0.39, 0.29) is 5.91 Å². The van der Waals surface area contributed by atoms with Gasteiger partial charge in [0.05, 0.1) is 5.41 Å². The molecule has 1 rings (SSSR count). The quantitative estimate of drug-likeness (QED) is 0.771. The first-order valence-electron chi connectivity index (χ1n) is 6.52. The number of carbonyl (C=O) groups excluding carboxylic acids is 1. The van der Waals surface area contributed by atoms with Crippen LogP contribution in [-0.2, 0) is 4.79 Å². The zero-order valence-corrected chi connectivity index (χ0v) is 10.9. The highest BCUT2D eigenvalue weighted by Gasteiger charge is 2.31. The van der Waals surface area contributed by atoms with Crippen LogP contribution in [0.25, 0.3) is 0 Å². The van der Waals surface area contributed by atoms with Crippen molar-refractivity contribution in [3.8, 4) is 0 Å². The predicted octanol–water partition coefficient (Wildman–Crippen LogP) is 2.06. The third kappa shape index (κ3) is 3.21. The highest BCUT2D eigenvalue weighted by molar-refractivity contribution is 5.82. The van der Waals surface area contributed by atoms with Crippen LogP contribution in [0.4, 0.5) is 0 Å². The summed E-state index contributed by atoms with van der Waals surface area (Å²) in [5.74, 6) is 0.770. The minimum atomic E-state index is -0.435. The lowest BCUT2D eigenvalue weighted by Gasteiger charge is -2.34. The Labute approximate surface area is 99.2 Å². The van der Waals surface area contributed by atoms with E-state index in [9.17, 15) is 4.79 Å². The summed E-state index contributed by atoms with van der Waals surface area (Å²) < 4.78 is 0. The molecule has 0 heterocycles. The van der Waals surface area contributed by atoms with Crippen molar-refractivity contribution in [2.75, 3.05) is 6.54 Å². The highest BCUT2D eigenvalue weighted by atomic mass is 16.2. The minimum Gasteiger partial charge on any atom is -0.353 e. The van der Waals surface area contributed by atoms with Crippen LogP contribution in [0.5, 0.6) is 0 Å². The second kappa shape index (κ2) is 5.67. The molecule has 1 aliphatic rings. The van der Waals surface area contributed by atoms with Gasteiger partial charge in [-0.15, -0.1) is 0 Å². The third-order valence-corrected chi connectivity index (χ3v) is 3.87. The van der Waals surface area contributed by atoms with Gasteiger partial charge in [0.2, 0.25) is 5.91 Å². The fourth-order valence-electron chi connectivity index (χ4n) is 2.34. The van der Waals surface area contributed by atoms with Gasteiger partial charge in [-0.05, 0) is 32.6 Å². The van der Waals surface area contributed by atoms with Gasteiger partial charge < -0.3 is 11.1 Å². The van der Waals surface area contributed by atoms with E-state index < -0.39 is 5.41 Å². The minimum absolute atomic E-state index is 0.111. The molecule has 94 valence electrons. The molecule has 0 spiro atoms. The summed E-state index contributed by atoms with van der Waals surface area (Å²) in [5.41, 5.74) is 5.18. The Morgan fingerprint density at radius 3 is 2.56 bits per heavy atom. The maximum absolute atomic E-state index is 12.0. The van der Waals surface area contributed by atoms with Gasteiger partial charge in [-0.3, -0.25) is 4.79 Å². The molecular formula is C13H26N2O. The number of hydrogen-bond donors (Lipinski definition) is 2. The van der Waals surface area contributed by atoms with Gasteiger partial charge in [-0.1, -0.05) is 26.2 Å². The lowest BCUT2D eigenvalue weighted by molar-refractivity contribution is -0.130. The summed E-state index contributed by atoms with van der Waals surface area (Å²) in [5, 5.41) is 3.19. The Bertz CT molecular complexity index is 238. The predicted molar refractivity (Wildman–Crippen MR) is 67.0 cm³/mol. The smallest absolute Gasteiger partial charge is 0.227 e. The topological polar surface area (TPSA) is 55.1 Å². The van der Waals surface area contributed by atoms with Crippen molar-refractivity contribution < 1.29 is 4.79 Å². The molecule has 3 N–H and O–H groups in total. The SMILES string of the molecule is CCC1CCCCC1NC(=O)C(C)(C)CN. The number of nitrogens with two attached hydrogens (primary N) is 1. The van der Waals surface area contributed by atoms with Gasteiger partial charge in [-0.25, -0.2) is 0 Å². The average Bonchev–Trinajstić information content (AvgIpc) is 2.29. The summed E-state index contributed by atoms with van der Waals surface area (Å²) in [4.78, 5) is 12.0. The van der Waals surface area contributed by atoms with E-state index in [1.54, 1.807) is 0 Å². The van der Waals surface area contributed by atoms with Gasteiger partial charge in [0.25, 0.3) is 0 Å². The number of carbonyl (C=O) groups is 1. The van der Waals surface area contributed by atoms with Gasteiger partial charge in [0, 0.05) is 12.6 Å². The molecule has 3 nitrogen and oxygen atoms in total. The number of nitrogens with one attached hydrogen (secondary N) is 1. The Balaban J connectivity index is 2.54. The molecule has 16 heavy (non-hydrogen) atoms. The average molecular weight is 226 g/mol. The van der Waals surface area contributed by atoms with Crippen molar-refractivity contribution in [2.24, 2.45) is 17.1 Å². The second-order valence-electron chi connectivity index (χ2n) is 5.62. The monoisotopic (exact) mass is 226 g/mol. The van der Waals surface area contributed by atoms with Gasteiger partial charge in [-0.2, -0.15) is 0 Å². The van der Waals surface area contributed by atoms with Gasteiger partial charge >= 0.3 is 0 Å². The maximum Gasteiger partial charge on any atom is 0.227 e. The molecule has 1 aliphatic carbocycles. The van der Waals surface area contributed by atoms with Crippen LogP contribution in [0.2, 0.25) is 0 Å². The standard InChI is InChI=1S/C13H26N2O/c1-4-10-7-5-6-8-11(10)15-12(16)13(2,3)9-14/h10-11H,4-9,14H2,1-3H3,(H,15,16). The van der Waals surface area contributed by atoms with Crippen molar-refractivity contribution >= 4 is 5.91 Å². The summed E-state index contributed by atoms with van der Waals surface area (Å²) in [6, 6.07) is 0.372. The molecule has 0 aromatic rings. The first-order valence-corrected chi connectivity index (χ1v) is 6.52. The van der Waals surface area contributed by atoms with E-state index in [4.69, 9.17) is 5.73 Å². The van der Waals surface area contributed by atoms with Crippen molar-refractivity contribution in [1.82, 2.24) is 5.32 Å². The molecule has 2 atom stereocenters. The van der Waals surface area contributed by atoms with Crippen LogP contribution >= 0.6 is 0 Å². The van der Waals surface area contributed by atoms with E-state index >= 15 is 0 Å². The summed E-state index contributed by atoms with van der Waals surface area (Å²) in [7, 11) is 0. The molecule has 0 aromatic carbocycles. The third-order valence-electron chi connectivity index (χ3n) is 3.87. The number of hydrogen-bond acceptors (Lipinski definition) is 2. The zero-order valence-electron chi connectivity index (χ0n) is 10.9. The first-order chi connectivity index (χ1) is 7.51. The summed E-state index contributed by atoms with van der Waals surface area (Å²) in [6.45, 7) is 6.43. The van der Waals surface area contributed by atoms with Crippen molar-refractivity contribution in [3.05, 3.63) is 0 Å². The lowest BCUT2D eigenvalue weighted by Crippen LogP contribution is -2.49. The largest absolute Gasteiger partial charge is 0.353 e. The van der Waals surface area contributed by atoms with Crippen molar-refractivity contribution in [2.45, 2.75) is 58.9 Å². The van der Waals surface area contributed by atoms with E-state index in [2.05, 4.69) is 12.2 Å². The van der Waals surface area contributed by atoms with Crippen LogP contribution in [-0.4, -0.2) is 18.5 Å². The summed E-state index contributed by atoms with van der Waals surface area (Å²) in [6.07, 6.45) is 6.10. The normalized spacial score (nSPS) is 26.5. The lowest BCUT2D eigenvalue weighted by atomic mass is 9.82. The number of rotatable bonds is 4. The highest BCUT2D eigenvalue weighted by Crippen LogP contribution is 2.27. The molecule has 0 saturated heterocycles. The molecule has 2 unspecified atom stereocenters. The fraction of sp³-hybridized carbons (Fsp3) is 0.923. The van der Waals surface area contributed by atoms with Gasteiger partial charge in [0.1, 0.15) is 0 Å². The second-order valence-corrected chi connectivity index (χ2v) is 5.62. The molecule has 1 fully saturated rings. The molecule has 0 radical (unpaired) electrons.